The summed E-state index contributed by atoms with van der Waals surface area (Å²) < 4.78 is 0. The molecule has 0 atom stereocenters. The van der Waals surface area contributed by atoms with E-state index in [0.29, 0.717) is 0 Å². The Bertz CT molecular complexity index is 838. The van der Waals surface area contributed by atoms with Gasteiger partial charge in [0.15, 0.2) is 0 Å². The third kappa shape index (κ3) is 3.24. The van der Waals surface area contributed by atoms with Gasteiger partial charge >= 0.3 is 0 Å². The molecule has 0 saturated heterocycles. The minimum atomic E-state index is 1.17. The van der Waals surface area contributed by atoms with Gasteiger partial charge in [-0.1, -0.05) is 97.6 Å². The zero-order valence-corrected chi connectivity index (χ0v) is 12.4. The van der Waals surface area contributed by atoms with Crippen molar-refractivity contribution in [2.24, 2.45) is 0 Å². The summed E-state index contributed by atoms with van der Waals surface area (Å²) in [6, 6.07) is 31.4. The van der Waals surface area contributed by atoms with Gasteiger partial charge in [0.05, 0.1) is 0 Å². The first-order chi connectivity index (χ1) is 10.9. The molecule has 22 heavy (non-hydrogen) atoms. The lowest BCUT2D eigenvalue weighted by Crippen LogP contribution is -1.73. The van der Waals surface area contributed by atoms with Crippen molar-refractivity contribution in [3.8, 4) is 0 Å². The van der Waals surface area contributed by atoms with Crippen LogP contribution < -0.4 is 0 Å². The molecule has 0 amide bonds. The van der Waals surface area contributed by atoms with Crippen molar-refractivity contribution in [1.29, 1.82) is 0 Å². The molecule has 0 saturated carbocycles. The van der Waals surface area contributed by atoms with Crippen molar-refractivity contribution in [2.45, 2.75) is 0 Å². The number of hydrogen-bond acceptors (Lipinski definition) is 0. The van der Waals surface area contributed by atoms with E-state index in [0.717, 1.165) is 0 Å². The third-order valence-corrected chi connectivity index (χ3v) is 3.67. The van der Waals surface area contributed by atoms with E-state index in [1.165, 1.54) is 27.1 Å². The standard InChI is InChI=1S/C12H10.C10H8/c1-2-10-7-8-11-5-3-4-6-12(11)9-10;1-2-6-10-8-4-3-7-9(10)5-1/h2-9H,1H2;1-8H. The summed E-state index contributed by atoms with van der Waals surface area (Å²) in [4.78, 5) is 0. The summed E-state index contributed by atoms with van der Waals surface area (Å²) in [6.07, 6.45) is 1.87. The zero-order valence-electron chi connectivity index (χ0n) is 12.4. The molecule has 0 nitrogen and oxygen atoms in total. The first-order valence-electron chi connectivity index (χ1n) is 7.42. The molecule has 0 heterocycles. The van der Waals surface area contributed by atoms with E-state index >= 15 is 0 Å². The van der Waals surface area contributed by atoms with Gasteiger partial charge in [-0.2, -0.15) is 0 Å². The molecule has 4 aromatic rings. The Hall–Kier alpha value is -2.86. The maximum Gasteiger partial charge on any atom is -0.0178 e. The topological polar surface area (TPSA) is 0 Å². The molecule has 0 heteroatoms. The summed E-state index contributed by atoms with van der Waals surface area (Å²) in [6.45, 7) is 3.74. The second kappa shape index (κ2) is 6.73. The highest BCUT2D eigenvalue weighted by molar-refractivity contribution is 5.84. The maximum atomic E-state index is 3.74. The van der Waals surface area contributed by atoms with Gasteiger partial charge in [0.25, 0.3) is 0 Å². The number of rotatable bonds is 1. The minimum Gasteiger partial charge on any atom is -0.0985 e. The first-order valence-corrected chi connectivity index (χ1v) is 7.42. The lowest BCUT2D eigenvalue weighted by atomic mass is 10.1. The minimum absolute atomic E-state index is 1.17. The third-order valence-electron chi connectivity index (χ3n) is 3.67. The maximum absolute atomic E-state index is 3.74. The fourth-order valence-electron chi connectivity index (χ4n) is 2.47. The van der Waals surface area contributed by atoms with Gasteiger partial charge < -0.3 is 0 Å². The van der Waals surface area contributed by atoms with Crippen molar-refractivity contribution in [1.82, 2.24) is 0 Å². The Morgan fingerprint density at radius 3 is 1.36 bits per heavy atom. The molecule has 0 spiro atoms. The second-order valence-electron chi connectivity index (χ2n) is 5.16. The van der Waals surface area contributed by atoms with Gasteiger partial charge in [0, 0.05) is 0 Å². The van der Waals surface area contributed by atoms with Crippen LogP contribution in [-0.4, -0.2) is 0 Å². The van der Waals surface area contributed by atoms with E-state index in [4.69, 9.17) is 0 Å². The molecule has 0 N–H and O–H groups in total. The summed E-state index contributed by atoms with van der Waals surface area (Å²) >= 11 is 0. The van der Waals surface area contributed by atoms with Gasteiger partial charge in [0.1, 0.15) is 0 Å². The van der Waals surface area contributed by atoms with Crippen LogP contribution in [0.2, 0.25) is 0 Å². The Kier molecular flexibility index (Phi) is 4.31. The fourth-order valence-corrected chi connectivity index (χ4v) is 2.47. The average Bonchev–Trinajstić information content (AvgIpc) is 2.62. The summed E-state index contributed by atoms with van der Waals surface area (Å²) in [5, 5.41) is 5.17. The lowest BCUT2D eigenvalue weighted by molar-refractivity contribution is 1.71. The van der Waals surface area contributed by atoms with Crippen LogP contribution >= 0.6 is 0 Å². The van der Waals surface area contributed by atoms with Crippen LogP contribution in [0.4, 0.5) is 0 Å². The van der Waals surface area contributed by atoms with Gasteiger partial charge in [-0.3, -0.25) is 0 Å². The molecule has 0 aromatic heterocycles. The molecule has 0 aliphatic rings. The lowest BCUT2D eigenvalue weighted by Gasteiger charge is -1.97. The van der Waals surface area contributed by atoms with Crippen LogP contribution in [0.5, 0.6) is 0 Å². The van der Waals surface area contributed by atoms with Crippen molar-refractivity contribution in [3.05, 3.63) is 103 Å². The molecule has 106 valence electrons. The molecule has 0 radical (unpaired) electrons. The van der Waals surface area contributed by atoms with E-state index < -0.39 is 0 Å². The number of fused-ring (bicyclic) bond motifs is 2. The van der Waals surface area contributed by atoms with Crippen molar-refractivity contribution in [2.75, 3.05) is 0 Å². The molecular formula is C22H18. The normalized spacial score (nSPS) is 10.0. The second-order valence-corrected chi connectivity index (χ2v) is 5.16. The number of benzene rings is 4. The molecular weight excluding hydrogens is 264 g/mol. The van der Waals surface area contributed by atoms with Gasteiger partial charge in [-0.15, -0.1) is 0 Å². The van der Waals surface area contributed by atoms with Gasteiger partial charge in [0.2, 0.25) is 0 Å². The van der Waals surface area contributed by atoms with E-state index in [-0.39, 0.29) is 0 Å². The van der Waals surface area contributed by atoms with Crippen molar-refractivity contribution >= 4 is 27.6 Å². The van der Waals surface area contributed by atoms with E-state index in [1.807, 2.05) is 6.08 Å². The molecule has 0 unspecified atom stereocenters. The summed E-state index contributed by atoms with van der Waals surface area (Å²) in [5.74, 6) is 0. The monoisotopic (exact) mass is 282 g/mol. The molecule has 0 aliphatic heterocycles. The smallest absolute Gasteiger partial charge is 0.0178 e. The highest BCUT2D eigenvalue weighted by Gasteiger charge is 1.91. The van der Waals surface area contributed by atoms with Crippen molar-refractivity contribution in [3.63, 3.8) is 0 Å². The Labute approximate surface area is 131 Å². The molecule has 0 fully saturated rings. The van der Waals surface area contributed by atoms with Crippen LogP contribution in [0.3, 0.4) is 0 Å². The largest absolute Gasteiger partial charge is 0.0985 e. The highest BCUT2D eigenvalue weighted by atomic mass is 14.0. The van der Waals surface area contributed by atoms with Gasteiger partial charge in [-0.25, -0.2) is 0 Å². The molecule has 4 rings (SSSR count). The van der Waals surface area contributed by atoms with Crippen LogP contribution in [0, 0.1) is 0 Å². The Morgan fingerprint density at radius 1 is 0.500 bits per heavy atom. The van der Waals surface area contributed by atoms with E-state index in [9.17, 15) is 0 Å². The predicted octanol–water partition coefficient (Wildman–Crippen LogP) is 6.32. The van der Waals surface area contributed by atoms with E-state index in [2.05, 4.69) is 97.6 Å². The zero-order chi connectivity index (χ0) is 15.2. The predicted molar refractivity (Wildman–Crippen MR) is 98.0 cm³/mol. The fraction of sp³-hybridized carbons (Fsp3) is 0. The Morgan fingerprint density at radius 2 is 0.909 bits per heavy atom. The molecule has 4 aromatic carbocycles. The van der Waals surface area contributed by atoms with Crippen LogP contribution in [0.1, 0.15) is 5.56 Å². The van der Waals surface area contributed by atoms with E-state index in [1.54, 1.807) is 0 Å². The molecule has 0 aliphatic carbocycles. The van der Waals surface area contributed by atoms with Crippen molar-refractivity contribution < 1.29 is 0 Å². The highest BCUT2D eigenvalue weighted by Crippen LogP contribution is 2.15. The SMILES string of the molecule is C=Cc1ccc2ccccc2c1.c1ccc2ccccc2c1. The first kappa shape index (κ1) is 14.1. The van der Waals surface area contributed by atoms with Crippen LogP contribution in [0.25, 0.3) is 27.6 Å². The summed E-state index contributed by atoms with van der Waals surface area (Å²) in [5.41, 5.74) is 1.17. The van der Waals surface area contributed by atoms with Crippen LogP contribution in [-0.2, 0) is 0 Å². The van der Waals surface area contributed by atoms with Crippen LogP contribution in [0.15, 0.2) is 97.6 Å². The quantitative estimate of drug-likeness (QED) is 0.383. The molecule has 0 bridgehead atoms. The Balaban J connectivity index is 0.000000133. The number of hydrogen-bond donors (Lipinski definition) is 0. The summed E-state index contributed by atoms with van der Waals surface area (Å²) in [7, 11) is 0. The van der Waals surface area contributed by atoms with Gasteiger partial charge in [-0.05, 0) is 33.2 Å². The average molecular weight is 282 g/mol.